The Bertz CT molecular complexity index is 382. The van der Waals surface area contributed by atoms with Crippen molar-refractivity contribution in [2.45, 2.75) is 32.7 Å². The number of benzene rings is 1. The van der Waals surface area contributed by atoms with E-state index in [9.17, 15) is 0 Å². The number of ether oxygens (including phenoxy) is 2. The van der Waals surface area contributed by atoms with E-state index in [1.54, 1.807) is 7.11 Å². The number of halogens is 1. The van der Waals surface area contributed by atoms with Gasteiger partial charge >= 0.3 is 0 Å². The Morgan fingerprint density at radius 3 is 2.63 bits per heavy atom. The van der Waals surface area contributed by atoms with Crippen LogP contribution >= 0.6 is 11.6 Å². The minimum atomic E-state index is 0.174. The molecular formula is C15H24ClNO2. The van der Waals surface area contributed by atoms with E-state index in [2.05, 4.69) is 13.8 Å². The lowest BCUT2D eigenvalue weighted by molar-refractivity contribution is 0.146. The highest BCUT2D eigenvalue weighted by Gasteiger charge is 2.09. The third-order valence-corrected chi connectivity index (χ3v) is 3.12. The van der Waals surface area contributed by atoms with Crippen LogP contribution < -0.4 is 10.5 Å². The minimum Gasteiger partial charge on any atom is -0.490 e. The predicted molar refractivity (Wildman–Crippen MR) is 80.0 cm³/mol. The average Bonchev–Trinajstić information content (AvgIpc) is 2.32. The molecule has 0 heterocycles. The molecule has 0 spiro atoms. The second-order valence-electron chi connectivity index (χ2n) is 5.20. The summed E-state index contributed by atoms with van der Waals surface area (Å²) >= 11 is 6.10. The average molecular weight is 286 g/mol. The van der Waals surface area contributed by atoms with Crippen LogP contribution in [0, 0.1) is 5.92 Å². The lowest BCUT2D eigenvalue weighted by Crippen LogP contribution is -2.24. The van der Waals surface area contributed by atoms with Gasteiger partial charge in [0.15, 0.2) is 0 Å². The molecule has 4 heteroatoms. The Hall–Kier alpha value is -0.770. The highest BCUT2D eigenvalue weighted by molar-refractivity contribution is 6.32. The zero-order chi connectivity index (χ0) is 14.3. The molecule has 1 aromatic carbocycles. The van der Waals surface area contributed by atoms with E-state index < -0.39 is 0 Å². The molecule has 0 fully saturated rings. The molecule has 0 aliphatic heterocycles. The van der Waals surface area contributed by atoms with E-state index in [1.165, 1.54) is 0 Å². The van der Waals surface area contributed by atoms with E-state index in [-0.39, 0.29) is 6.04 Å². The summed E-state index contributed by atoms with van der Waals surface area (Å²) in [7, 11) is 1.65. The Balaban J connectivity index is 2.61. The highest BCUT2D eigenvalue weighted by atomic mass is 35.5. The molecule has 0 aliphatic rings. The molecule has 1 atom stereocenters. The first-order chi connectivity index (χ1) is 9.02. The first-order valence-corrected chi connectivity index (χ1v) is 7.06. The molecule has 0 saturated carbocycles. The maximum absolute atomic E-state index is 6.12. The van der Waals surface area contributed by atoms with Gasteiger partial charge in [0.25, 0.3) is 0 Å². The Labute approximate surface area is 121 Å². The van der Waals surface area contributed by atoms with E-state index in [1.807, 2.05) is 18.2 Å². The number of rotatable bonds is 8. The lowest BCUT2D eigenvalue weighted by atomic mass is 9.98. The first-order valence-electron chi connectivity index (χ1n) is 6.68. The second kappa shape index (κ2) is 8.41. The summed E-state index contributed by atoms with van der Waals surface area (Å²) in [6.45, 7) is 5.41. The molecule has 3 nitrogen and oxygen atoms in total. The summed E-state index contributed by atoms with van der Waals surface area (Å²) in [6, 6.07) is 6.01. The molecule has 0 aromatic heterocycles. The van der Waals surface area contributed by atoms with E-state index in [0.717, 1.165) is 18.4 Å². The van der Waals surface area contributed by atoms with Gasteiger partial charge in [0.1, 0.15) is 12.4 Å². The van der Waals surface area contributed by atoms with Crippen LogP contribution in [0.25, 0.3) is 0 Å². The number of hydrogen-bond donors (Lipinski definition) is 1. The lowest BCUT2D eigenvalue weighted by Gasteiger charge is -2.15. The first kappa shape index (κ1) is 16.3. The number of methoxy groups -OCH3 is 1. The van der Waals surface area contributed by atoms with Crippen LogP contribution in [0.5, 0.6) is 5.75 Å². The zero-order valence-electron chi connectivity index (χ0n) is 12.0. The van der Waals surface area contributed by atoms with Crippen molar-refractivity contribution in [3.63, 3.8) is 0 Å². The molecule has 2 N–H and O–H groups in total. The van der Waals surface area contributed by atoms with Crippen molar-refractivity contribution in [2.24, 2.45) is 11.7 Å². The molecule has 108 valence electrons. The maximum Gasteiger partial charge on any atom is 0.138 e. The van der Waals surface area contributed by atoms with Gasteiger partial charge in [-0.05, 0) is 36.5 Å². The fourth-order valence-corrected chi connectivity index (χ4v) is 2.18. The Morgan fingerprint density at radius 2 is 2.00 bits per heavy atom. The van der Waals surface area contributed by atoms with E-state index >= 15 is 0 Å². The Morgan fingerprint density at radius 1 is 1.26 bits per heavy atom. The Kier molecular flexibility index (Phi) is 7.21. The molecule has 0 amide bonds. The quantitative estimate of drug-likeness (QED) is 0.746. The summed E-state index contributed by atoms with van der Waals surface area (Å²) in [5.74, 6) is 1.31. The third-order valence-electron chi connectivity index (χ3n) is 2.81. The summed E-state index contributed by atoms with van der Waals surface area (Å²) in [4.78, 5) is 0. The van der Waals surface area contributed by atoms with Crippen molar-refractivity contribution in [3.05, 3.63) is 28.8 Å². The van der Waals surface area contributed by atoms with Gasteiger partial charge < -0.3 is 15.2 Å². The number of hydrogen-bond acceptors (Lipinski definition) is 3. The molecule has 1 aromatic rings. The van der Waals surface area contributed by atoms with Gasteiger partial charge in [-0.3, -0.25) is 0 Å². The molecule has 19 heavy (non-hydrogen) atoms. The summed E-state index contributed by atoms with van der Waals surface area (Å²) < 4.78 is 10.5. The number of nitrogens with two attached hydrogens (primary N) is 1. The molecule has 0 bridgehead atoms. The molecule has 1 rings (SSSR count). The van der Waals surface area contributed by atoms with Crippen molar-refractivity contribution in [3.8, 4) is 5.75 Å². The van der Waals surface area contributed by atoms with E-state index in [4.69, 9.17) is 26.8 Å². The fraction of sp³-hybridized carbons (Fsp3) is 0.600. The van der Waals surface area contributed by atoms with Gasteiger partial charge in [-0.2, -0.15) is 0 Å². The second-order valence-corrected chi connectivity index (χ2v) is 5.61. The zero-order valence-corrected chi connectivity index (χ0v) is 12.7. The van der Waals surface area contributed by atoms with Gasteiger partial charge in [0, 0.05) is 13.2 Å². The van der Waals surface area contributed by atoms with Crippen molar-refractivity contribution < 1.29 is 9.47 Å². The van der Waals surface area contributed by atoms with Crippen LogP contribution in [-0.4, -0.2) is 26.4 Å². The highest BCUT2D eigenvalue weighted by Crippen LogP contribution is 2.26. The van der Waals surface area contributed by atoms with Gasteiger partial charge in [-0.15, -0.1) is 0 Å². The standard InChI is InChI=1S/C15H24ClNO2/c1-11(2)8-13(17)9-12-4-5-14(16)15(10-12)19-7-6-18-3/h4-5,10-11,13H,6-9,17H2,1-3H3/t13-/m0/s1. The van der Waals surface area contributed by atoms with Crippen molar-refractivity contribution >= 4 is 11.6 Å². The van der Waals surface area contributed by atoms with Crippen LogP contribution in [0.4, 0.5) is 0 Å². The minimum absolute atomic E-state index is 0.174. The van der Waals surface area contributed by atoms with Gasteiger partial charge in [0.2, 0.25) is 0 Å². The largest absolute Gasteiger partial charge is 0.490 e. The third kappa shape index (κ3) is 6.28. The molecule has 0 saturated heterocycles. The van der Waals surface area contributed by atoms with E-state index in [0.29, 0.717) is 29.9 Å². The monoisotopic (exact) mass is 285 g/mol. The molecule has 0 aliphatic carbocycles. The maximum atomic E-state index is 6.12. The van der Waals surface area contributed by atoms with Gasteiger partial charge in [-0.25, -0.2) is 0 Å². The molecule has 0 radical (unpaired) electrons. The molecule has 0 unspecified atom stereocenters. The smallest absolute Gasteiger partial charge is 0.138 e. The predicted octanol–water partition coefficient (Wildman–Crippen LogP) is 3.28. The topological polar surface area (TPSA) is 44.5 Å². The van der Waals surface area contributed by atoms with Crippen molar-refractivity contribution in [2.75, 3.05) is 20.3 Å². The van der Waals surface area contributed by atoms with Crippen LogP contribution in [-0.2, 0) is 11.2 Å². The molecular weight excluding hydrogens is 262 g/mol. The fourth-order valence-electron chi connectivity index (χ4n) is 2.01. The van der Waals surface area contributed by atoms with Crippen molar-refractivity contribution in [1.29, 1.82) is 0 Å². The van der Waals surface area contributed by atoms with Crippen LogP contribution in [0.3, 0.4) is 0 Å². The van der Waals surface area contributed by atoms with Crippen LogP contribution in [0.15, 0.2) is 18.2 Å². The summed E-state index contributed by atoms with van der Waals surface area (Å²) in [5, 5.41) is 0.622. The van der Waals surface area contributed by atoms with Crippen LogP contribution in [0.1, 0.15) is 25.8 Å². The van der Waals surface area contributed by atoms with Gasteiger partial charge in [0.05, 0.1) is 11.6 Å². The summed E-state index contributed by atoms with van der Waals surface area (Å²) in [6.07, 6.45) is 1.86. The normalized spacial score (nSPS) is 12.7. The van der Waals surface area contributed by atoms with Crippen molar-refractivity contribution in [1.82, 2.24) is 0 Å². The van der Waals surface area contributed by atoms with Gasteiger partial charge in [-0.1, -0.05) is 31.5 Å². The SMILES string of the molecule is COCCOc1cc(C[C@@H](N)CC(C)C)ccc1Cl. The van der Waals surface area contributed by atoms with Crippen LogP contribution in [0.2, 0.25) is 5.02 Å². The summed E-state index contributed by atoms with van der Waals surface area (Å²) in [5.41, 5.74) is 7.28.